The Labute approximate surface area is 76.5 Å². The van der Waals surface area contributed by atoms with Gasteiger partial charge in [0.1, 0.15) is 5.54 Å². The maximum atomic E-state index is 10.7. The summed E-state index contributed by atoms with van der Waals surface area (Å²) in [5.41, 5.74) is 4.27. The van der Waals surface area contributed by atoms with Crippen LogP contribution in [0.3, 0.4) is 0 Å². The van der Waals surface area contributed by atoms with Crippen LogP contribution in [0.5, 0.6) is 0 Å². The third-order valence-corrected chi connectivity index (χ3v) is 2.07. The molecule has 5 heteroatoms. The van der Waals surface area contributed by atoms with Gasteiger partial charge in [0.2, 0.25) is 0 Å². The van der Waals surface area contributed by atoms with Crippen molar-refractivity contribution < 1.29 is 19.8 Å². The first-order chi connectivity index (χ1) is 5.92. The molecule has 76 valence electrons. The van der Waals surface area contributed by atoms with Crippen molar-refractivity contribution in [2.75, 3.05) is 0 Å². The van der Waals surface area contributed by atoms with E-state index in [1.807, 2.05) is 0 Å². The van der Waals surface area contributed by atoms with Gasteiger partial charge in [-0.05, 0) is 19.3 Å². The quantitative estimate of drug-likeness (QED) is 0.562. The zero-order chi connectivity index (χ0) is 10.5. The molecule has 0 spiro atoms. The Morgan fingerprint density at radius 2 is 1.92 bits per heavy atom. The standard InChI is InChI=1S/C8H15NO4/c1-2-8(9,7(12)13)5-3-4-6(10)11/h2-5,9H2,1H3,(H,10,11)(H,12,13). The van der Waals surface area contributed by atoms with Crippen molar-refractivity contribution in [1.29, 1.82) is 0 Å². The zero-order valence-corrected chi connectivity index (χ0v) is 7.62. The highest BCUT2D eigenvalue weighted by Crippen LogP contribution is 2.15. The Hall–Kier alpha value is -1.10. The van der Waals surface area contributed by atoms with Gasteiger partial charge < -0.3 is 15.9 Å². The lowest BCUT2D eigenvalue weighted by atomic mass is 9.91. The highest BCUT2D eigenvalue weighted by atomic mass is 16.4. The number of rotatable bonds is 6. The van der Waals surface area contributed by atoms with Crippen molar-refractivity contribution >= 4 is 11.9 Å². The summed E-state index contributed by atoms with van der Waals surface area (Å²) in [4.78, 5) is 20.8. The Bertz CT molecular complexity index is 204. The molecule has 13 heavy (non-hydrogen) atoms. The van der Waals surface area contributed by atoms with E-state index >= 15 is 0 Å². The van der Waals surface area contributed by atoms with Gasteiger partial charge in [0.05, 0.1) is 0 Å². The molecule has 0 bridgehead atoms. The average Bonchev–Trinajstić information content (AvgIpc) is 2.03. The number of aliphatic carboxylic acids is 2. The first kappa shape index (κ1) is 11.9. The molecule has 0 amide bonds. The fourth-order valence-electron chi connectivity index (χ4n) is 0.990. The number of hydrogen-bond acceptors (Lipinski definition) is 3. The van der Waals surface area contributed by atoms with Crippen molar-refractivity contribution in [2.24, 2.45) is 5.73 Å². The van der Waals surface area contributed by atoms with Crippen LogP contribution in [0, 0.1) is 0 Å². The van der Waals surface area contributed by atoms with E-state index in [1.54, 1.807) is 6.92 Å². The van der Waals surface area contributed by atoms with Crippen LogP contribution in [-0.2, 0) is 9.59 Å². The summed E-state index contributed by atoms with van der Waals surface area (Å²) in [7, 11) is 0. The molecule has 0 aromatic heterocycles. The van der Waals surface area contributed by atoms with E-state index in [4.69, 9.17) is 15.9 Å². The normalized spacial score (nSPS) is 14.9. The van der Waals surface area contributed by atoms with Gasteiger partial charge >= 0.3 is 11.9 Å². The Morgan fingerprint density at radius 3 is 2.23 bits per heavy atom. The average molecular weight is 189 g/mol. The number of nitrogens with two attached hydrogens (primary N) is 1. The second-order valence-corrected chi connectivity index (χ2v) is 3.06. The van der Waals surface area contributed by atoms with Crippen molar-refractivity contribution in [3.05, 3.63) is 0 Å². The van der Waals surface area contributed by atoms with E-state index < -0.39 is 17.5 Å². The van der Waals surface area contributed by atoms with Crippen LogP contribution in [0.4, 0.5) is 0 Å². The van der Waals surface area contributed by atoms with E-state index in [0.717, 1.165) is 0 Å². The Morgan fingerprint density at radius 1 is 1.38 bits per heavy atom. The number of hydrogen-bond donors (Lipinski definition) is 3. The second-order valence-electron chi connectivity index (χ2n) is 3.06. The third-order valence-electron chi connectivity index (χ3n) is 2.07. The largest absolute Gasteiger partial charge is 0.481 e. The molecule has 0 rings (SSSR count). The molecule has 0 aromatic rings. The van der Waals surface area contributed by atoms with Gasteiger partial charge in [-0.1, -0.05) is 6.92 Å². The fraction of sp³-hybridized carbons (Fsp3) is 0.750. The van der Waals surface area contributed by atoms with Crippen molar-refractivity contribution in [3.63, 3.8) is 0 Å². The van der Waals surface area contributed by atoms with Crippen molar-refractivity contribution in [1.82, 2.24) is 0 Å². The Balaban J connectivity index is 3.98. The summed E-state index contributed by atoms with van der Waals surface area (Å²) in [6.07, 6.45) is 0.769. The molecule has 1 unspecified atom stereocenters. The number of carboxylic acid groups (broad SMARTS) is 2. The van der Waals surface area contributed by atoms with Gasteiger partial charge in [0.15, 0.2) is 0 Å². The molecule has 0 heterocycles. The number of carbonyl (C=O) groups is 2. The van der Waals surface area contributed by atoms with Crippen molar-refractivity contribution in [2.45, 2.75) is 38.1 Å². The lowest BCUT2D eigenvalue weighted by Gasteiger charge is -2.22. The van der Waals surface area contributed by atoms with Gasteiger partial charge in [-0.25, -0.2) is 0 Å². The minimum Gasteiger partial charge on any atom is -0.481 e. The van der Waals surface area contributed by atoms with Gasteiger partial charge in [-0.2, -0.15) is 0 Å². The summed E-state index contributed by atoms with van der Waals surface area (Å²) in [6.45, 7) is 1.68. The molecule has 1 atom stereocenters. The predicted octanol–water partition coefficient (Wildman–Crippen LogP) is 0.433. The smallest absolute Gasteiger partial charge is 0.323 e. The predicted molar refractivity (Wildman–Crippen MR) is 46.3 cm³/mol. The highest BCUT2D eigenvalue weighted by Gasteiger charge is 2.31. The van der Waals surface area contributed by atoms with E-state index in [-0.39, 0.29) is 12.8 Å². The minimum atomic E-state index is -1.27. The van der Waals surface area contributed by atoms with E-state index in [2.05, 4.69) is 0 Å². The molecule has 0 saturated heterocycles. The Kier molecular flexibility index (Phi) is 4.40. The minimum absolute atomic E-state index is 0.0355. The number of carboxylic acids is 2. The molecule has 0 aliphatic heterocycles. The second kappa shape index (κ2) is 4.81. The van der Waals surface area contributed by atoms with Crippen LogP contribution in [0.15, 0.2) is 0 Å². The summed E-state index contributed by atoms with van der Waals surface area (Å²) < 4.78 is 0. The van der Waals surface area contributed by atoms with Crippen LogP contribution in [0.2, 0.25) is 0 Å². The molecule has 0 radical (unpaired) electrons. The maximum absolute atomic E-state index is 10.7. The first-order valence-corrected chi connectivity index (χ1v) is 4.16. The fourth-order valence-corrected chi connectivity index (χ4v) is 0.990. The lowest BCUT2D eigenvalue weighted by Crippen LogP contribution is -2.47. The van der Waals surface area contributed by atoms with Gasteiger partial charge in [0.25, 0.3) is 0 Å². The molecule has 0 aromatic carbocycles. The van der Waals surface area contributed by atoms with Crippen LogP contribution in [0.25, 0.3) is 0 Å². The lowest BCUT2D eigenvalue weighted by molar-refractivity contribution is -0.144. The summed E-state index contributed by atoms with van der Waals surface area (Å²) in [5.74, 6) is -2.00. The molecule has 0 fully saturated rings. The monoisotopic (exact) mass is 189 g/mol. The van der Waals surface area contributed by atoms with Crippen LogP contribution >= 0.6 is 0 Å². The molecular formula is C8H15NO4. The molecular weight excluding hydrogens is 174 g/mol. The molecule has 0 aliphatic rings. The molecule has 5 nitrogen and oxygen atoms in total. The van der Waals surface area contributed by atoms with Crippen LogP contribution in [0.1, 0.15) is 32.6 Å². The zero-order valence-electron chi connectivity index (χ0n) is 7.62. The first-order valence-electron chi connectivity index (χ1n) is 4.16. The highest BCUT2D eigenvalue weighted by molar-refractivity contribution is 5.78. The molecule has 0 aliphatic carbocycles. The van der Waals surface area contributed by atoms with Crippen molar-refractivity contribution in [3.8, 4) is 0 Å². The van der Waals surface area contributed by atoms with E-state index in [1.165, 1.54) is 0 Å². The van der Waals surface area contributed by atoms with E-state index in [9.17, 15) is 9.59 Å². The SMILES string of the molecule is CCC(N)(CCCC(=O)O)C(=O)O. The van der Waals surface area contributed by atoms with Gasteiger partial charge in [-0.3, -0.25) is 9.59 Å². The third kappa shape index (κ3) is 3.89. The van der Waals surface area contributed by atoms with Gasteiger partial charge in [0, 0.05) is 6.42 Å². The topological polar surface area (TPSA) is 101 Å². The van der Waals surface area contributed by atoms with E-state index in [0.29, 0.717) is 12.8 Å². The molecule has 0 saturated carbocycles. The maximum Gasteiger partial charge on any atom is 0.323 e. The molecule has 4 N–H and O–H groups in total. The van der Waals surface area contributed by atoms with Crippen LogP contribution in [-0.4, -0.2) is 27.7 Å². The summed E-state index contributed by atoms with van der Waals surface area (Å²) in [6, 6.07) is 0. The summed E-state index contributed by atoms with van der Waals surface area (Å²) >= 11 is 0. The van der Waals surface area contributed by atoms with Crippen LogP contribution < -0.4 is 5.73 Å². The van der Waals surface area contributed by atoms with Gasteiger partial charge in [-0.15, -0.1) is 0 Å². The summed E-state index contributed by atoms with van der Waals surface area (Å²) in [5, 5.41) is 17.1.